The number of likely N-dealkylation sites (N-methyl/N-ethyl adjacent to an activating group) is 1. The SMILES string of the molecule is CN(Cc1cccnc1)Cc1cccc(-c2ccc(O)c3c2C[C@H]2C[C@H]4[C@H](N(C)C)C(=O)C(C(N)=O)=C(O)[C@@]4(O)C(=O)C2=C3O)c1. The number of phenolic OH excluding ortho intramolecular Hbond substituents is 1. The average Bonchev–Trinajstić information content (AvgIpc) is 2.99. The first-order chi connectivity index (χ1) is 21.8. The number of aromatic hydroxyl groups is 1. The van der Waals surface area contributed by atoms with Crippen molar-refractivity contribution in [3.63, 3.8) is 0 Å². The molecule has 238 valence electrons. The zero-order chi connectivity index (χ0) is 33.1. The molecule has 3 aromatic rings. The first-order valence-electron chi connectivity index (χ1n) is 15.0. The van der Waals surface area contributed by atoms with E-state index in [4.69, 9.17) is 5.73 Å². The molecule has 0 bridgehead atoms. The third-order valence-electron chi connectivity index (χ3n) is 9.47. The number of benzene rings is 2. The van der Waals surface area contributed by atoms with Gasteiger partial charge in [-0.15, -0.1) is 0 Å². The highest BCUT2D eigenvalue weighted by Gasteiger charge is 2.64. The minimum absolute atomic E-state index is 0.0278. The van der Waals surface area contributed by atoms with Crippen LogP contribution in [0.25, 0.3) is 16.9 Å². The van der Waals surface area contributed by atoms with Crippen molar-refractivity contribution >= 4 is 23.2 Å². The van der Waals surface area contributed by atoms with Gasteiger partial charge in [0.05, 0.1) is 11.6 Å². The number of carbonyl (C=O) groups excluding carboxylic acids is 3. The minimum atomic E-state index is -2.67. The number of rotatable bonds is 7. The Morgan fingerprint density at radius 3 is 2.41 bits per heavy atom. The fourth-order valence-electron chi connectivity index (χ4n) is 7.52. The molecule has 1 amide bonds. The topological polar surface area (TPSA) is 178 Å². The van der Waals surface area contributed by atoms with Crippen LogP contribution in [-0.4, -0.2) is 85.5 Å². The molecule has 1 heterocycles. The van der Waals surface area contributed by atoms with Gasteiger partial charge in [0.25, 0.3) is 5.91 Å². The first-order valence-corrected chi connectivity index (χ1v) is 15.0. The van der Waals surface area contributed by atoms with E-state index in [-0.39, 0.29) is 29.7 Å². The van der Waals surface area contributed by atoms with E-state index in [2.05, 4.69) is 9.88 Å². The van der Waals surface area contributed by atoms with E-state index >= 15 is 0 Å². The Balaban J connectivity index is 1.41. The van der Waals surface area contributed by atoms with Crippen LogP contribution in [0.15, 0.2) is 77.8 Å². The molecular formula is C35H36N4O7. The van der Waals surface area contributed by atoms with Gasteiger partial charge < -0.3 is 26.2 Å². The summed E-state index contributed by atoms with van der Waals surface area (Å²) in [5.74, 6) is -6.74. The van der Waals surface area contributed by atoms with Gasteiger partial charge in [0.2, 0.25) is 5.78 Å². The Morgan fingerprint density at radius 1 is 1.02 bits per heavy atom. The Bertz CT molecular complexity index is 1830. The van der Waals surface area contributed by atoms with E-state index in [9.17, 15) is 34.8 Å². The third kappa shape index (κ3) is 4.87. The van der Waals surface area contributed by atoms with Crippen molar-refractivity contribution in [2.75, 3.05) is 21.1 Å². The number of primary amides is 1. The molecular weight excluding hydrogens is 588 g/mol. The molecule has 3 aliphatic rings. The van der Waals surface area contributed by atoms with Crippen molar-refractivity contribution < 1.29 is 34.8 Å². The summed E-state index contributed by atoms with van der Waals surface area (Å²) in [5, 5.41) is 45.4. The summed E-state index contributed by atoms with van der Waals surface area (Å²) in [6, 6.07) is 13.9. The molecule has 0 saturated heterocycles. The van der Waals surface area contributed by atoms with Crippen LogP contribution in [0.5, 0.6) is 5.75 Å². The van der Waals surface area contributed by atoms with Crippen molar-refractivity contribution in [3.8, 4) is 16.9 Å². The number of hydrogen-bond acceptors (Lipinski definition) is 10. The number of aromatic nitrogens is 1. The molecule has 6 N–H and O–H groups in total. The summed E-state index contributed by atoms with van der Waals surface area (Å²) in [6.45, 7) is 1.36. The number of aliphatic hydroxyl groups is 3. The van der Waals surface area contributed by atoms with E-state index in [1.807, 2.05) is 49.6 Å². The quantitative estimate of drug-likeness (QED) is 0.246. The minimum Gasteiger partial charge on any atom is -0.508 e. The molecule has 1 saturated carbocycles. The highest BCUT2D eigenvalue weighted by molar-refractivity contribution is 6.24. The van der Waals surface area contributed by atoms with E-state index in [1.165, 1.54) is 11.0 Å². The van der Waals surface area contributed by atoms with Gasteiger partial charge in [-0.2, -0.15) is 0 Å². The van der Waals surface area contributed by atoms with Gasteiger partial charge in [-0.05, 0) is 85.9 Å². The fraction of sp³-hybridized carbons (Fsp3) is 0.314. The van der Waals surface area contributed by atoms with Crippen LogP contribution in [-0.2, 0) is 33.9 Å². The number of aliphatic hydroxyl groups excluding tert-OH is 2. The largest absolute Gasteiger partial charge is 0.508 e. The fourth-order valence-corrected chi connectivity index (χ4v) is 7.52. The van der Waals surface area contributed by atoms with Crippen molar-refractivity contribution in [3.05, 3.63) is 100 Å². The molecule has 11 heteroatoms. The van der Waals surface area contributed by atoms with Crippen molar-refractivity contribution in [1.82, 2.24) is 14.8 Å². The molecule has 1 fully saturated rings. The molecule has 3 aliphatic carbocycles. The number of carbonyl (C=O) groups is 3. The summed E-state index contributed by atoms with van der Waals surface area (Å²) in [5.41, 5.74) is 6.14. The average molecular weight is 625 g/mol. The first kappa shape index (κ1) is 31.2. The number of fused-ring (bicyclic) bond motifs is 3. The second-order valence-corrected chi connectivity index (χ2v) is 12.7. The van der Waals surface area contributed by atoms with Gasteiger partial charge in [0.15, 0.2) is 11.4 Å². The van der Waals surface area contributed by atoms with Gasteiger partial charge >= 0.3 is 0 Å². The van der Waals surface area contributed by atoms with Crippen LogP contribution in [0.2, 0.25) is 0 Å². The van der Waals surface area contributed by atoms with Crippen LogP contribution in [0.4, 0.5) is 0 Å². The molecule has 11 nitrogen and oxygen atoms in total. The molecule has 1 aromatic heterocycles. The van der Waals surface area contributed by atoms with Gasteiger partial charge in [-0.1, -0.05) is 30.3 Å². The lowest BCUT2D eigenvalue weighted by Gasteiger charge is -2.50. The summed E-state index contributed by atoms with van der Waals surface area (Å²) in [6.07, 6.45) is 3.81. The lowest BCUT2D eigenvalue weighted by Crippen LogP contribution is -2.65. The number of Topliss-reactive ketones (excluding diaryl/α,β-unsaturated/α-hetero) is 2. The van der Waals surface area contributed by atoms with Crippen LogP contribution in [0.1, 0.15) is 28.7 Å². The Hall–Kier alpha value is -4.84. The van der Waals surface area contributed by atoms with E-state index < -0.39 is 58.0 Å². The van der Waals surface area contributed by atoms with Crippen molar-refractivity contribution in [2.45, 2.75) is 37.6 Å². The van der Waals surface area contributed by atoms with Gasteiger partial charge in [-0.3, -0.25) is 29.2 Å². The number of hydrogen-bond donors (Lipinski definition) is 5. The number of pyridine rings is 1. The van der Waals surface area contributed by atoms with Crippen LogP contribution < -0.4 is 5.73 Å². The predicted molar refractivity (Wildman–Crippen MR) is 169 cm³/mol. The molecule has 4 atom stereocenters. The maximum Gasteiger partial charge on any atom is 0.255 e. The summed E-state index contributed by atoms with van der Waals surface area (Å²) in [7, 11) is 5.17. The highest BCUT2D eigenvalue weighted by Crippen LogP contribution is 2.53. The summed E-state index contributed by atoms with van der Waals surface area (Å²) in [4.78, 5) is 47.5. The lowest BCUT2D eigenvalue weighted by molar-refractivity contribution is -0.153. The number of phenols is 1. The van der Waals surface area contributed by atoms with E-state index in [0.29, 0.717) is 18.7 Å². The Labute approximate surface area is 265 Å². The predicted octanol–water partition coefficient (Wildman–Crippen LogP) is 2.66. The molecule has 0 unspecified atom stereocenters. The smallest absolute Gasteiger partial charge is 0.255 e. The van der Waals surface area contributed by atoms with Crippen molar-refractivity contribution in [1.29, 1.82) is 0 Å². The van der Waals surface area contributed by atoms with E-state index in [1.54, 1.807) is 26.4 Å². The van der Waals surface area contributed by atoms with Crippen LogP contribution >= 0.6 is 0 Å². The maximum absolute atomic E-state index is 14.1. The van der Waals surface area contributed by atoms with Crippen molar-refractivity contribution in [2.24, 2.45) is 17.6 Å². The lowest BCUT2D eigenvalue weighted by atomic mass is 9.57. The standard InChI is InChI=1S/C35H36N4O7/c1-38(2)29-24-14-21-13-23-22(20-8-4-6-18(12-20)16-39(3)17-19-7-5-11-37-15-19)9-10-25(40)27(23)30(41)26(21)32(43)35(24,46)33(44)28(31(29)42)34(36)45/h4-12,15,21,24,29,40-41,44,46H,13-14,16-17H2,1-3H3,(H2,36,45)/t21-,24-,29-,35-/m0/s1. The van der Waals surface area contributed by atoms with Crippen LogP contribution in [0.3, 0.4) is 0 Å². The normalized spacial score (nSPS) is 24.3. The maximum atomic E-state index is 14.1. The molecule has 2 aromatic carbocycles. The zero-order valence-electron chi connectivity index (χ0n) is 25.8. The third-order valence-corrected chi connectivity index (χ3v) is 9.47. The second-order valence-electron chi connectivity index (χ2n) is 12.7. The van der Waals surface area contributed by atoms with E-state index in [0.717, 1.165) is 22.3 Å². The van der Waals surface area contributed by atoms with Crippen LogP contribution in [0, 0.1) is 11.8 Å². The Morgan fingerprint density at radius 2 is 1.74 bits per heavy atom. The van der Waals surface area contributed by atoms with Gasteiger partial charge in [0.1, 0.15) is 22.8 Å². The molecule has 46 heavy (non-hydrogen) atoms. The number of amides is 1. The molecule has 0 aliphatic heterocycles. The van der Waals surface area contributed by atoms with Gasteiger partial charge in [-0.25, -0.2) is 0 Å². The Kier molecular flexibility index (Phi) is 7.79. The second kappa shape index (κ2) is 11.5. The molecule has 6 rings (SSSR count). The zero-order valence-corrected chi connectivity index (χ0v) is 25.8. The summed E-state index contributed by atoms with van der Waals surface area (Å²) >= 11 is 0. The monoisotopic (exact) mass is 624 g/mol. The summed E-state index contributed by atoms with van der Waals surface area (Å²) < 4.78 is 0. The molecule has 0 spiro atoms. The number of nitrogens with zero attached hydrogens (tertiary/aromatic N) is 3. The number of ketones is 2. The highest BCUT2D eigenvalue weighted by atomic mass is 16.3. The molecule has 0 radical (unpaired) electrons. The van der Waals surface area contributed by atoms with Gasteiger partial charge in [0, 0.05) is 37.0 Å². The number of nitrogens with two attached hydrogens (primary N) is 1.